The van der Waals surface area contributed by atoms with Crippen LogP contribution >= 0.6 is 0 Å². The maximum absolute atomic E-state index is 8.56. The van der Waals surface area contributed by atoms with Crippen molar-refractivity contribution >= 4 is 6.16 Å². The average Bonchev–Trinajstić information content (AvgIpc) is 1.41. The van der Waals surface area contributed by atoms with Crippen molar-refractivity contribution in [2.75, 3.05) is 0 Å². The van der Waals surface area contributed by atoms with Gasteiger partial charge in [0.25, 0.3) is 0 Å². The zero-order chi connectivity index (χ0) is 5.58. The number of carbonyl (C=O) groups is 1. The van der Waals surface area contributed by atoms with E-state index in [-0.39, 0.29) is 32.7 Å². The van der Waals surface area contributed by atoms with Crippen LogP contribution in [0.2, 0.25) is 0 Å². The molecule has 0 spiro atoms. The minimum absolute atomic E-state index is 0. The first-order valence-electron chi connectivity index (χ1n) is 0.851. The van der Waals surface area contributed by atoms with Crippen LogP contribution in [0.25, 0.3) is 0 Å². The fourth-order valence-electron chi connectivity index (χ4n) is 0. The predicted octanol–water partition coefficient (Wildman–Crippen LogP) is 0.237. The van der Waals surface area contributed by atoms with Crippen LogP contribution in [0.3, 0.4) is 0 Å². The molecule has 0 amide bonds. The monoisotopic (exact) mass is 185 g/mol. The number of hydrogen-bond donors (Lipinski definition) is 4. The Bertz CT molecular complexity index is 31.1. The molecule has 0 aliphatic carbocycles. The van der Waals surface area contributed by atoms with Crippen LogP contribution in [0.1, 0.15) is 0 Å². The number of rotatable bonds is 0. The van der Waals surface area contributed by atoms with Gasteiger partial charge in [-0.2, -0.15) is 0 Å². The van der Waals surface area contributed by atoms with Crippen molar-refractivity contribution in [2.45, 2.75) is 0 Å². The number of carboxylic acid groups (broad SMARTS) is 2. The van der Waals surface area contributed by atoms with Crippen molar-refractivity contribution in [3.63, 3.8) is 0 Å². The van der Waals surface area contributed by atoms with Crippen LogP contribution in [0.5, 0.6) is 0 Å². The number of hydrogen-bond acceptors (Lipinski definition) is 3. The summed E-state index contributed by atoms with van der Waals surface area (Å²) in [6.45, 7) is 0. The fraction of sp³-hybridized carbons (Fsp3) is 0. The Balaban J connectivity index is -0.0000000480. The van der Waals surface area contributed by atoms with Gasteiger partial charge in [0, 0.05) is 32.7 Å². The molecule has 0 fully saturated rings. The Kier molecular flexibility index (Phi) is 36.4. The van der Waals surface area contributed by atoms with E-state index in [0.29, 0.717) is 0 Å². The molecular weight excluding hydrogens is 181 g/mol. The van der Waals surface area contributed by atoms with Crippen molar-refractivity contribution in [1.82, 2.24) is 0 Å². The molecule has 0 atom stereocenters. The van der Waals surface area contributed by atoms with Gasteiger partial charge in [-0.15, -0.1) is 0 Å². The maximum atomic E-state index is 8.56. The Morgan fingerprint density at radius 1 is 1.14 bits per heavy atom. The third-order valence-electron chi connectivity index (χ3n) is 0. The van der Waals surface area contributed by atoms with Gasteiger partial charge in [0.2, 0.25) is 0 Å². The molecule has 0 rings (SSSR count). The van der Waals surface area contributed by atoms with Crippen LogP contribution in [0.4, 0.5) is 4.79 Å². The molecule has 0 aromatic heterocycles. The molecule has 0 aliphatic rings. The van der Waals surface area contributed by atoms with Gasteiger partial charge >= 0.3 is 6.16 Å². The molecule has 0 saturated heterocycles. The fourth-order valence-corrected chi connectivity index (χ4v) is 0. The van der Waals surface area contributed by atoms with Crippen molar-refractivity contribution in [3.8, 4) is 0 Å². The smallest absolute Gasteiger partial charge is 0.450 e. The van der Waals surface area contributed by atoms with Gasteiger partial charge in [-0.05, 0) is 0 Å². The summed E-state index contributed by atoms with van der Waals surface area (Å²) >= 11 is 0. The third kappa shape index (κ3) is 1340. The van der Waals surface area contributed by atoms with Crippen LogP contribution in [0.15, 0.2) is 0 Å². The molecule has 0 aromatic carbocycles. The van der Waals surface area contributed by atoms with E-state index in [1.54, 1.807) is 0 Å². The van der Waals surface area contributed by atoms with Crippen molar-refractivity contribution in [1.29, 1.82) is 0 Å². The van der Waals surface area contributed by atoms with E-state index < -0.39 is 6.16 Å². The molecule has 0 aromatic rings. The van der Waals surface area contributed by atoms with Crippen molar-refractivity contribution < 1.29 is 58.2 Å². The molecular formula is CH4O5Y. The first-order chi connectivity index (χ1) is 2.73. The average molecular weight is 185 g/mol. The van der Waals surface area contributed by atoms with Gasteiger partial charge in [-0.25, -0.2) is 4.79 Å². The summed E-state index contributed by atoms with van der Waals surface area (Å²) in [5.41, 5.74) is 0. The minimum Gasteiger partial charge on any atom is -0.450 e. The SMILES string of the molecule is O=C(O)O.OO.[Y]. The molecule has 0 unspecified atom stereocenters. The quantitative estimate of drug-likeness (QED) is 0.320. The molecule has 5 nitrogen and oxygen atoms in total. The van der Waals surface area contributed by atoms with E-state index in [1.807, 2.05) is 0 Å². The molecule has 41 valence electrons. The largest absolute Gasteiger partial charge is 0.503 e. The van der Waals surface area contributed by atoms with Gasteiger partial charge in [-0.3, -0.25) is 10.5 Å². The first-order valence-corrected chi connectivity index (χ1v) is 0.851. The molecule has 6 heteroatoms. The van der Waals surface area contributed by atoms with E-state index in [9.17, 15) is 0 Å². The molecule has 7 heavy (non-hydrogen) atoms. The van der Waals surface area contributed by atoms with E-state index in [4.69, 9.17) is 25.5 Å². The van der Waals surface area contributed by atoms with E-state index >= 15 is 0 Å². The topological polar surface area (TPSA) is 98.0 Å². The van der Waals surface area contributed by atoms with E-state index in [2.05, 4.69) is 0 Å². The van der Waals surface area contributed by atoms with Crippen molar-refractivity contribution in [3.05, 3.63) is 0 Å². The second kappa shape index (κ2) is 16.3. The zero-order valence-corrected chi connectivity index (χ0v) is 6.11. The normalized spacial score (nSPS) is 4.29. The maximum Gasteiger partial charge on any atom is 0.503 e. The summed E-state index contributed by atoms with van der Waals surface area (Å²) in [6, 6.07) is 0. The van der Waals surface area contributed by atoms with Crippen LogP contribution in [0, 0.1) is 0 Å². The third-order valence-corrected chi connectivity index (χ3v) is 0. The summed E-state index contributed by atoms with van der Waals surface area (Å²) in [5, 5.41) is 25.9. The summed E-state index contributed by atoms with van der Waals surface area (Å²) < 4.78 is 0. The summed E-state index contributed by atoms with van der Waals surface area (Å²) in [7, 11) is 0. The molecule has 0 heterocycles. The van der Waals surface area contributed by atoms with Crippen LogP contribution < -0.4 is 0 Å². The van der Waals surface area contributed by atoms with Gasteiger partial charge < -0.3 is 10.2 Å². The predicted molar refractivity (Wildman–Crippen MR) is 15.9 cm³/mol. The summed E-state index contributed by atoms with van der Waals surface area (Å²) in [5.74, 6) is 0. The zero-order valence-electron chi connectivity index (χ0n) is 3.27. The Hall–Kier alpha value is 0.294. The standard InChI is InChI=1S/CH2O3.H2O2.Y/c2-1(3)4;1-2;/h(H2,2,3,4);1-2H;. The van der Waals surface area contributed by atoms with Crippen LogP contribution in [-0.2, 0) is 32.7 Å². The molecule has 0 aliphatic heterocycles. The molecule has 0 saturated carbocycles. The summed E-state index contributed by atoms with van der Waals surface area (Å²) in [6.07, 6.45) is -1.83. The van der Waals surface area contributed by atoms with Crippen molar-refractivity contribution in [2.24, 2.45) is 0 Å². The molecule has 0 bridgehead atoms. The molecule has 1 radical (unpaired) electrons. The minimum atomic E-state index is -1.83. The van der Waals surface area contributed by atoms with Gasteiger partial charge in [0.15, 0.2) is 0 Å². The Labute approximate surface area is 64.4 Å². The summed E-state index contributed by atoms with van der Waals surface area (Å²) in [4.78, 5) is 8.56. The van der Waals surface area contributed by atoms with E-state index in [1.165, 1.54) is 0 Å². The van der Waals surface area contributed by atoms with Gasteiger partial charge in [0.05, 0.1) is 0 Å². The van der Waals surface area contributed by atoms with Gasteiger partial charge in [0.1, 0.15) is 0 Å². The Morgan fingerprint density at radius 2 is 1.14 bits per heavy atom. The molecule has 4 N–H and O–H groups in total. The van der Waals surface area contributed by atoms with Gasteiger partial charge in [-0.1, -0.05) is 0 Å². The van der Waals surface area contributed by atoms with Crippen LogP contribution in [-0.4, -0.2) is 26.9 Å². The van der Waals surface area contributed by atoms with E-state index in [0.717, 1.165) is 0 Å². The second-order valence-corrected chi connectivity index (χ2v) is 0.283. The Morgan fingerprint density at radius 3 is 1.14 bits per heavy atom. The first kappa shape index (κ1) is 15.7. The second-order valence-electron chi connectivity index (χ2n) is 0.283.